The van der Waals surface area contributed by atoms with Crippen LogP contribution in [0.15, 0.2) is 23.1 Å². The van der Waals surface area contributed by atoms with E-state index in [-0.39, 0.29) is 40.6 Å². The van der Waals surface area contributed by atoms with Gasteiger partial charge in [-0.1, -0.05) is 23.2 Å². The van der Waals surface area contributed by atoms with Crippen LogP contribution >= 0.6 is 23.2 Å². The Hall–Kier alpha value is -0.500. The van der Waals surface area contributed by atoms with E-state index >= 15 is 0 Å². The third-order valence-corrected chi connectivity index (χ3v) is 5.59. The summed E-state index contributed by atoms with van der Waals surface area (Å²) in [7, 11) is -3.86. The van der Waals surface area contributed by atoms with Gasteiger partial charge in [0.2, 0.25) is 10.0 Å². The molecule has 0 aromatic heterocycles. The second-order valence-corrected chi connectivity index (χ2v) is 7.90. The Morgan fingerprint density at radius 3 is 1.95 bits per heavy atom. The van der Waals surface area contributed by atoms with Gasteiger partial charge in [0.25, 0.3) is 0 Å². The lowest BCUT2D eigenvalue weighted by atomic mass is 9.86. The Labute approximate surface area is 136 Å². The molecule has 0 aliphatic heterocycles. The van der Waals surface area contributed by atoms with E-state index in [2.05, 4.69) is 4.72 Å². The van der Waals surface area contributed by atoms with Crippen molar-refractivity contribution in [1.82, 2.24) is 4.72 Å². The van der Waals surface area contributed by atoms with E-state index in [1.807, 2.05) is 0 Å². The molecule has 0 heterocycles. The predicted molar refractivity (Wildman–Crippen MR) is 78.6 cm³/mol. The highest BCUT2D eigenvalue weighted by Crippen LogP contribution is 2.37. The highest BCUT2D eigenvalue weighted by Gasteiger charge is 2.41. The molecule has 1 saturated carbocycles. The van der Waals surface area contributed by atoms with Crippen LogP contribution in [0.5, 0.6) is 0 Å². The van der Waals surface area contributed by atoms with Crippen molar-refractivity contribution in [2.75, 3.05) is 0 Å². The molecule has 0 atom stereocenters. The third-order valence-electron chi connectivity index (χ3n) is 3.66. The molecule has 0 radical (unpaired) electrons. The normalized spacial score (nSPS) is 23.5. The summed E-state index contributed by atoms with van der Waals surface area (Å²) in [5, 5.41) is 0.349. The van der Waals surface area contributed by atoms with Crippen LogP contribution < -0.4 is 4.72 Å². The molecular formula is C13H14Cl2F3NO2S. The molecule has 2 rings (SSSR count). The first-order valence-corrected chi connectivity index (χ1v) is 8.87. The average Bonchev–Trinajstić information content (AvgIpc) is 2.36. The molecule has 0 amide bonds. The van der Waals surface area contributed by atoms with Gasteiger partial charge in [-0.05, 0) is 43.9 Å². The zero-order valence-electron chi connectivity index (χ0n) is 11.3. The van der Waals surface area contributed by atoms with Gasteiger partial charge in [-0.25, -0.2) is 13.1 Å². The van der Waals surface area contributed by atoms with Gasteiger partial charge in [0.05, 0.1) is 10.8 Å². The minimum Gasteiger partial charge on any atom is -0.208 e. The number of halogens is 5. The molecule has 0 spiro atoms. The topological polar surface area (TPSA) is 46.2 Å². The van der Waals surface area contributed by atoms with E-state index < -0.39 is 28.2 Å². The Balaban J connectivity index is 2.05. The molecule has 3 nitrogen and oxygen atoms in total. The highest BCUT2D eigenvalue weighted by molar-refractivity contribution is 7.89. The van der Waals surface area contributed by atoms with Crippen LogP contribution in [0.3, 0.4) is 0 Å². The highest BCUT2D eigenvalue weighted by atomic mass is 35.5. The second kappa shape index (κ2) is 6.55. The lowest BCUT2D eigenvalue weighted by Gasteiger charge is -2.30. The maximum atomic E-state index is 12.6. The monoisotopic (exact) mass is 375 g/mol. The summed E-state index contributed by atoms with van der Waals surface area (Å²) >= 11 is 11.5. The minimum absolute atomic E-state index is 0.0764. The number of nitrogens with one attached hydrogen (secondary N) is 1. The van der Waals surface area contributed by atoms with Gasteiger partial charge in [0.1, 0.15) is 0 Å². The summed E-state index contributed by atoms with van der Waals surface area (Å²) in [6.07, 6.45) is -4.07. The van der Waals surface area contributed by atoms with E-state index in [0.717, 1.165) is 0 Å². The Morgan fingerprint density at radius 1 is 1.00 bits per heavy atom. The molecule has 124 valence electrons. The first-order valence-electron chi connectivity index (χ1n) is 6.63. The fourth-order valence-corrected chi connectivity index (χ4v) is 4.54. The summed E-state index contributed by atoms with van der Waals surface area (Å²) < 4.78 is 64.7. The molecule has 1 fully saturated rings. The molecule has 0 unspecified atom stereocenters. The van der Waals surface area contributed by atoms with Crippen molar-refractivity contribution in [3.8, 4) is 0 Å². The Kier molecular flexibility index (Phi) is 5.31. The Morgan fingerprint density at radius 2 is 1.50 bits per heavy atom. The largest absolute Gasteiger partial charge is 0.391 e. The number of alkyl halides is 3. The summed E-state index contributed by atoms with van der Waals surface area (Å²) in [5.74, 6) is -1.35. The summed E-state index contributed by atoms with van der Waals surface area (Å²) in [4.78, 5) is -0.0945. The molecule has 1 aromatic rings. The van der Waals surface area contributed by atoms with Crippen LogP contribution in [0.2, 0.25) is 10.0 Å². The van der Waals surface area contributed by atoms with E-state index in [0.29, 0.717) is 0 Å². The summed E-state index contributed by atoms with van der Waals surface area (Å²) in [6.45, 7) is 0. The van der Waals surface area contributed by atoms with Gasteiger partial charge in [0, 0.05) is 16.1 Å². The van der Waals surface area contributed by atoms with Crippen LogP contribution in [0.25, 0.3) is 0 Å². The van der Waals surface area contributed by atoms with Crippen LogP contribution in [0.4, 0.5) is 13.2 Å². The van der Waals surface area contributed by atoms with Gasteiger partial charge in [-0.15, -0.1) is 0 Å². The van der Waals surface area contributed by atoms with Crippen molar-refractivity contribution in [2.45, 2.75) is 42.8 Å². The lowest BCUT2D eigenvalue weighted by Crippen LogP contribution is -2.40. The Bertz CT molecular complexity index is 621. The zero-order chi connectivity index (χ0) is 16.5. The quantitative estimate of drug-likeness (QED) is 0.851. The number of rotatable bonds is 3. The molecule has 0 bridgehead atoms. The van der Waals surface area contributed by atoms with Crippen LogP contribution in [0.1, 0.15) is 25.7 Å². The molecule has 1 N–H and O–H groups in total. The van der Waals surface area contributed by atoms with Gasteiger partial charge < -0.3 is 0 Å². The maximum Gasteiger partial charge on any atom is 0.391 e. The maximum absolute atomic E-state index is 12.6. The van der Waals surface area contributed by atoms with Crippen molar-refractivity contribution < 1.29 is 21.6 Å². The van der Waals surface area contributed by atoms with E-state index in [1.165, 1.54) is 18.2 Å². The molecule has 22 heavy (non-hydrogen) atoms. The van der Waals surface area contributed by atoms with Gasteiger partial charge in [-0.2, -0.15) is 13.2 Å². The predicted octanol–water partition coefficient (Wildman–Crippen LogP) is 4.39. The van der Waals surface area contributed by atoms with Crippen molar-refractivity contribution >= 4 is 33.2 Å². The number of hydrogen-bond donors (Lipinski definition) is 1. The van der Waals surface area contributed by atoms with E-state index in [4.69, 9.17) is 23.2 Å². The van der Waals surface area contributed by atoms with Crippen LogP contribution in [-0.2, 0) is 10.0 Å². The van der Waals surface area contributed by atoms with Gasteiger partial charge in [-0.3, -0.25) is 0 Å². The third kappa shape index (κ3) is 4.50. The zero-order valence-corrected chi connectivity index (χ0v) is 13.7. The van der Waals surface area contributed by atoms with Crippen LogP contribution in [-0.4, -0.2) is 20.6 Å². The lowest BCUT2D eigenvalue weighted by molar-refractivity contribution is -0.182. The average molecular weight is 376 g/mol. The molecular weight excluding hydrogens is 362 g/mol. The van der Waals surface area contributed by atoms with Crippen molar-refractivity contribution in [3.05, 3.63) is 28.2 Å². The summed E-state index contributed by atoms with van der Waals surface area (Å²) in [6, 6.07) is 3.38. The first-order chi connectivity index (χ1) is 10.1. The first kappa shape index (κ1) is 17.8. The fraction of sp³-hybridized carbons (Fsp3) is 0.538. The molecule has 9 heteroatoms. The van der Waals surface area contributed by atoms with E-state index in [9.17, 15) is 21.6 Å². The molecule has 1 aliphatic rings. The molecule has 0 saturated heterocycles. The standard InChI is InChI=1S/C13H14Cl2F3NO2S/c14-9-5-10(15)7-12(6-9)22(20,21)19-11-3-1-8(2-4-11)13(16,17)18/h5-8,11,19H,1-4H2. The fourth-order valence-electron chi connectivity index (χ4n) is 2.51. The van der Waals surface area contributed by atoms with E-state index in [1.54, 1.807) is 0 Å². The number of sulfonamides is 1. The summed E-state index contributed by atoms with van der Waals surface area (Å²) in [5.41, 5.74) is 0. The van der Waals surface area contributed by atoms with Crippen LogP contribution in [0, 0.1) is 5.92 Å². The number of benzene rings is 1. The number of hydrogen-bond acceptors (Lipinski definition) is 2. The SMILES string of the molecule is O=S(=O)(NC1CCC(C(F)(F)F)CC1)c1cc(Cl)cc(Cl)c1. The van der Waals surface area contributed by atoms with Crippen molar-refractivity contribution in [1.29, 1.82) is 0 Å². The van der Waals surface area contributed by atoms with Gasteiger partial charge >= 0.3 is 6.18 Å². The minimum atomic E-state index is -4.22. The van der Waals surface area contributed by atoms with Gasteiger partial charge in [0.15, 0.2) is 0 Å². The van der Waals surface area contributed by atoms with Crippen molar-refractivity contribution in [2.24, 2.45) is 5.92 Å². The van der Waals surface area contributed by atoms with Crippen molar-refractivity contribution in [3.63, 3.8) is 0 Å². The smallest absolute Gasteiger partial charge is 0.208 e. The second-order valence-electron chi connectivity index (χ2n) is 5.32. The molecule has 1 aromatic carbocycles. The molecule has 1 aliphatic carbocycles.